The first-order valence-corrected chi connectivity index (χ1v) is 8.45. The molecule has 0 fully saturated rings. The predicted octanol–water partition coefficient (Wildman–Crippen LogP) is 4.97. The Morgan fingerprint density at radius 2 is 1.92 bits per heavy atom. The summed E-state index contributed by atoms with van der Waals surface area (Å²) in [6, 6.07) is 0. The maximum Gasteiger partial charge on any atom is 0.328 e. The number of allylic oxidation sites excluding steroid dienone is 7. The van der Waals surface area contributed by atoms with Gasteiger partial charge in [0, 0.05) is 6.08 Å². The molecule has 1 aliphatic carbocycles. The van der Waals surface area contributed by atoms with Gasteiger partial charge in [0.15, 0.2) is 0 Å². The van der Waals surface area contributed by atoms with E-state index in [2.05, 4.69) is 32.9 Å². The maximum atomic E-state index is 10.7. The number of hydrogen-bond acceptors (Lipinski definition) is 2. The van der Waals surface area contributed by atoms with Crippen molar-refractivity contribution < 1.29 is 15.0 Å². The molecule has 3 nitrogen and oxygen atoms in total. The van der Waals surface area contributed by atoms with E-state index in [4.69, 9.17) is 5.11 Å². The van der Waals surface area contributed by atoms with Crippen LogP contribution in [0.2, 0.25) is 0 Å². The van der Waals surface area contributed by atoms with Crippen LogP contribution in [0.1, 0.15) is 53.9 Å². The number of carbonyl (C=O) groups is 1. The molecule has 0 heterocycles. The number of carboxylic acids is 1. The molecule has 0 aliphatic heterocycles. The van der Waals surface area contributed by atoms with Gasteiger partial charge in [0.1, 0.15) is 0 Å². The van der Waals surface area contributed by atoms with Crippen LogP contribution in [0.5, 0.6) is 0 Å². The quantitative estimate of drug-likeness (QED) is 0.534. The highest BCUT2D eigenvalue weighted by molar-refractivity contribution is 5.81. The molecular formula is C21H30O3. The minimum atomic E-state index is -1.01. The van der Waals surface area contributed by atoms with E-state index in [0.29, 0.717) is 11.1 Å². The maximum absolute atomic E-state index is 10.7. The van der Waals surface area contributed by atoms with Crippen molar-refractivity contribution in [1.82, 2.24) is 0 Å². The van der Waals surface area contributed by atoms with Gasteiger partial charge < -0.3 is 10.2 Å². The zero-order valence-corrected chi connectivity index (χ0v) is 15.5. The second-order valence-electron chi connectivity index (χ2n) is 7.19. The van der Waals surface area contributed by atoms with Crippen molar-refractivity contribution in [3.8, 4) is 0 Å². The molecule has 0 radical (unpaired) electrons. The third kappa shape index (κ3) is 5.97. The monoisotopic (exact) mass is 330 g/mol. The van der Waals surface area contributed by atoms with Crippen LogP contribution in [0.25, 0.3) is 0 Å². The van der Waals surface area contributed by atoms with Crippen molar-refractivity contribution in [2.24, 2.45) is 5.41 Å². The molecule has 132 valence electrons. The summed E-state index contributed by atoms with van der Waals surface area (Å²) < 4.78 is 0. The van der Waals surface area contributed by atoms with Crippen LogP contribution >= 0.6 is 0 Å². The Balaban J connectivity index is 2.97. The summed E-state index contributed by atoms with van der Waals surface area (Å²) in [4.78, 5) is 10.7. The number of hydrogen-bond donors (Lipinski definition) is 2. The SMILES string of the molecule is CC1=C(/C=C/C(C)=C/C=C(CO)/C(C)=C/C(=O)O)C(C)(C)CCC1. The van der Waals surface area contributed by atoms with Gasteiger partial charge in [-0.1, -0.05) is 49.3 Å². The minimum absolute atomic E-state index is 0.180. The van der Waals surface area contributed by atoms with Gasteiger partial charge in [-0.2, -0.15) is 0 Å². The first kappa shape index (κ1) is 20.2. The van der Waals surface area contributed by atoms with Crippen molar-refractivity contribution in [1.29, 1.82) is 0 Å². The van der Waals surface area contributed by atoms with Crippen LogP contribution < -0.4 is 0 Å². The number of aliphatic hydroxyl groups is 1. The summed E-state index contributed by atoms with van der Waals surface area (Å²) in [5.41, 5.74) is 5.32. The normalized spacial score (nSPS) is 20.0. The van der Waals surface area contributed by atoms with E-state index in [1.165, 1.54) is 30.4 Å². The number of aliphatic carboxylic acids is 1. The van der Waals surface area contributed by atoms with Crippen LogP contribution in [0.3, 0.4) is 0 Å². The molecule has 24 heavy (non-hydrogen) atoms. The Kier molecular flexibility index (Phi) is 7.43. The van der Waals surface area contributed by atoms with Crippen molar-refractivity contribution in [2.75, 3.05) is 6.61 Å². The van der Waals surface area contributed by atoms with Crippen molar-refractivity contribution in [3.63, 3.8) is 0 Å². The molecule has 0 amide bonds. The van der Waals surface area contributed by atoms with Crippen LogP contribution in [-0.2, 0) is 4.79 Å². The third-order valence-electron chi connectivity index (χ3n) is 4.62. The second-order valence-corrected chi connectivity index (χ2v) is 7.19. The fourth-order valence-corrected chi connectivity index (χ4v) is 3.10. The number of carboxylic acid groups (broad SMARTS) is 1. The van der Waals surface area contributed by atoms with Gasteiger partial charge in [0.25, 0.3) is 0 Å². The van der Waals surface area contributed by atoms with Crippen LogP contribution in [0.4, 0.5) is 0 Å². The topological polar surface area (TPSA) is 57.5 Å². The summed E-state index contributed by atoms with van der Waals surface area (Å²) in [5.74, 6) is -1.01. The molecule has 0 aromatic carbocycles. The fraction of sp³-hybridized carbons (Fsp3) is 0.476. The molecule has 2 N–H and O–H groups in total. The zero-order valence-electron chi connectivity index (χ0n) is 15.5. The van der Waals surface area contributed by atoms with Crippen LogP contribution in [0.15, 0.2) is 58.2 Å². The molecule has 0 bridgehead atoms. The number of rotatable bonds is 6. The Bertz CT molecular complexity index is 625. The molecule has 0 saturated heterocycles. The van der Waals surface area contributed by atoms with Gasteiger partial charge in [-0.25, -0.2) is 4.79 Å². The van der Waals surface area contributed by atoms with Gasteiger partial charge in [0.2, 0.25) is 0 Å². The molecular weight excluding hydrogens is 300 g/mol. The summed E-state index contributed by atoms with van der Waals surface area (Å²) in [6.07, 6.45) is 12.7. The van der Waals surface area contributed by atoms with Crippen LogP contribution in [-0.4, -0.2) is 22.8 Å². The highest BCUT2D eigenvalue weighted by atomic mass is 16.4. The lowest BCUT2D eigenvalue weighted by molar-refractivity contribution is -0.131. The highest BCUT2D eigenvalue weighted by Crippen LogP contribution is 2.40. The van der Waals surface area contributed by atoms with Gasteiger partial charge in [-0.15, -0.1) is 0 Å². The van der Waals surface area contributed by atoms with E-state index in [1.807, 2.05) is 13.0 Å². The summed E-state index contributed by atoms with van der Waals surface area (Å²) >= 11 is 0. The zero-order chi connectivity index (χ0) is 18.3. The first-order chi connectivity index (χ1) is 11.2. The number of aliphatic hydroxyl groups excluding tert-OH is 1. The molecule has 0 atom stereocenters. The smallest absolute Gasteiger partial charge is 0.328 e. The molecule has 0 unspecified atom stereocenters. The third-order valence-corrected chi connectivity index (χ3v) is 4.62. The Hall–Kier alpha value is -1.87. The van der Waals surface area contributed by atoms with Crippen molar-refractivity contribution in [2.45, 2.75) is 53.9 Å². The molecule has 0 aromatic rings. The van der Waals surface area contributed by atoms with Gasteiger partial charge in [-0.3, -0.25) is 0 Å². The van der Waals surface area contributed by atoms with E-state index < -0.39 is 5.97 Å². The molecule has 1 rings (SSSR count). The van der Waals surface area contributed by atoms with E-state index in [1.54, 1.807) is 13.0 Å². The molecule has 0 aromatic heterocycles. The Labute approximate surface area is 145 Å². The van der Waals surface area contributed by atoms with E-state index in [-0.39, 0.29) is 12.0 Å². The average Bonchev–Trinajstić information content (AvgIpc) is 2.45. The van der Waals surface area contributed by atoms with E-state index in [9.17, 15) is 9.90 Å². The minimum Gasteiger partial charge on any atom is -0.478 e. The lowest BCUT2D eigenvalue weighted by Crippen LogP contribution is -2.19. The fourth-order valence-electron chi connectivity index (χ4n) is 3.10. The summed E-state index contributed by atoms with van der Waals surface area (Å²) in [6.45, 7) is 10.3. The molecule has 0 spiro atoms. The van der Waals surface area contributed by atoms with E-state index in [0.717, 1.165) is 11.6 Å². The largest absolute Gasteiger partial charge is 0.478 e. The van der Waals surface area contributed by atoms with Gasteiger partial charge in [-0.05, 0) is 62.2 Å². The Morgan fingerprint density at radius 3 is 2.46 bits per heavy atom. The molecule has 1 aliphatic rings. The van der Waals surface area contributed by atoms with E-state index >= 15 is 0 Å². The van der Waals surface area contributed by atoms with Crippen LogP contribution in [0, 0.1) is 5.41 Å². The van der Waals surface area contributed by atoms with Crippen molar-refractivity contribution in [3.05, 3.63) is 58.2 Å². The lowest BCUT2D eigenvalue weighted by Gasteiger charge is -2.32. The molecule has 3 heteroatoms. The highest BCUT2D eigenvalue weighted by Gasteiger charge is 2.26. The molecule has 0 saturated carbocycles. The summed E-state index contributed by atoms with van der Waals surface area (Å²) in [7, 11) is 0. The van der Waals surface area contributed by atoms with Gasteiger partial charge >= 0.3 is 5.97 Å². The average molecular weight is 330 g/mol. The Morgan fingerprint density at radius 1 is 1.25 bits per heavy atom. The predicted molar refractivity (Wildman–Crippen MR) is 99.8 cm³/mol. The first-order valence-electron chi connectivity index (χ1n) is 8.45. The van der Waals surface area contributed by atoms with Crippen molar-refractivity contribution >= 4 is 5.97 Å². The second kappa shape index (κ2) is 8.84. The standard InChI is InChI=1S/C21H30O3/c1-15(8-10-18(14-22)17(3)13-20(23)24)9-11-19-16(2)7-6-12-21(19,4)5/h8-11,13,22H,6-7,12,14H2,1-5H3,(H,23,24)/b11-9+,15-8+,17-13+,18-10+. The summed E-state index contributed by atoms with van der Waals surface area (Å²) in [5, 5.41) is 18.2. The van der Waals surface area contributed by atoms with Gasteiger partial charge in [0.05, 0.1) is 6.61 Å². The lowest BCUT2D eigenvalue weighted by atomic mass is 9.72.